The molecule has 16 heavy (non-hydrogen) atoms. The van der Waals surface area contributed by atoms with Crippen LogP contribution in [0.4, 0.5) is 5.82 Å². The van der Waals surface area contributed by atoms with Crippen molar-refractivity contribution in [3.63, 3.8) is 0 Å². The van der Waals surface area contributed by atoms with Gasteiger partial charge in [-0.1, -0.05) is 0 Å². The molecule has 0 unspecified atom stereocenters. The van der Waals surface area contributed by atoms with Crippen LogP contribution in [0.15, 0.2) is 18.3 Å². The van der Waals surface area contributed by atoms with Crippen LogP contribution in [0, 0.1) is 0 Å². The van der Waals surface area contributed by atoms with Crippen LogP contribution in [0.5, 0.6) is 0 Å². The lowest BCUT2D eigenvalue weighted by Gasteiger charge is -2.23. The van der Waals surface area contributed by atoms with Gasteiger partial charge in [0.1, 0.15) is 5.82 Å². The molecule has 1 aromatic heterocycles. The quantitative estimate of drug-likeness (QED) is 0.783. The van der Waals surface area contributed by atoms with E-state index in [-0.39, 0.29) is 0 Å². The van der Waals surface area contributed by atoms with Gasteiger partial charge in [0.15, 0.2) is 0 Å². The second kappa shape index (κ2) is 5.27. The van der Waals surface area contributed by atoms with E-state index < -0.39 is 0 Å². The van der Waals surface area contributed by atoms with E-state index in [9.17, 15) is 0 Å². The van der Waals surface area contributed by atoms with Crippen molar-refractivity contribution in [1.29, 1.82) is 0 Å². The molecule has 0 aromatic carbocycles. The summed E-state index contributed by atoms with van der Waals surface area (Å²) in [5.41, 5.74) is 6.77. The highest BCUT2D eigenvalue weighted by atomic mass is 16.5. The van der Waals surface area contributed by atoms with Crippen LogP contribution in [0.3, 0.4) is 0 Å². The standard InChI is InChI=1S/C12H19N3O/c1-16-7-6-15(11-2-3-11)12-8-10(9-13)4-5-14-12/h4-5,8,11H,2-3,6-7,9,13H2,1H3. The number of hydrogen-bond donors (Lipinski definition) is 1. The Balaban J connectivity index is 2.10. The van der Waals surface area contributed by atoms with E-state index in [1.165, 1.54) is 12.8 Å². The Hall–Kier alpha value is -1.13. The highest BCUT2D eigenvalue weighted by Crippen LogP contribution is 2.30. The molecule has 4 nitrogen and oxygen atoms in total. The van der Waals surface area contributed by atoms with Gasteiger partial charge in [-0.05, 0) is 30.5 Å². The fourth-order valence-electron chi connectivity index (χ4n) is 1.80. The monoisotopic (exact) mass is 221 g/mol. The Labute approximate surface area is 96.4 Å². The molecule has 2 N–H and O–H groups in total. The second-order valence-electron chi connectivity index (χ2n) is 4.14. The van der Waals surface area contributed by atoms with Gasteiger partial charge in [0.2, 0.25) is 0 Å². The molecular formula is C12H19N3O. The van der Waals surface area contributed by atoms with Gasteiger partial charge in [-0.25, -0.2) is 4.98 Å². The SMILES string of the molecule is COCCN(c1cc(CN)ccn1)C1CC1. The number of nitrogens with two attached hydrogens (primary N) is 1. The van der Waals surface area contributed by atoms with Crippen molar-refractivity contribution in [3.05, 3.63) is 23.9 Å². The van der Waals surface area contributed by atoms with E-state index in [4.69, 9.17) is 10.5 Å². The number of nitrogens with zero attached hydrogens (tertiary/aromatic N) is 2. The third-order valence-corrected chi connectivity index (χ3v) is 2.86. The smallest absolute Gasteiger partial charge is 0.129 e. The fraction of sp³-hybridized carbons (Fsp3) is 0.583. The van der Waals surface area contributed by atoms with Crippen molar-refractivity contribution in [2.45, 2.75) is 25.4 Å². The molecule has 1 saturated carbocycles. The zero-order chi connectivity index (χ0) is 11.4. The molecule has 0 atom stereocenters. The molecule has 1 heterocycles. The van der Waals surface area contributed by atoms with E-state index in [1.54, 1.807) is 7.11 Å². The van der Waals surface area contributed by atoms with Gasteiger partial charge in [0.25, 0.3) is 0 Å². The third-order valence-electron chi connectivity index (χ3n) is 2.86. The van der Waals surface area contributed by atoms with Crippen LogP contribution in [0.1, 0.15) is 18.4 Å². The molecule has 1 aliphatic carbocycles. The Morgan fingerprint density at radius 1 is 1.56 bits per heavy atom. The number of pyridine rings is 1. The van der Waals surface area contributed by atoms with Gasteiger partial charge in [0.05, 0.1) is 6.61 Å². The highest BCUT2D eigenvalue weighted by Gasteiger charge is 2.29. The van der Waals surface area contributed by atoms with Crippen LogP contribution < -0.4 is 10.6 Å². The molecule has 1 aliphatic rings. The Bertz CT molecular complexity index is 339. The molecule has 0 spiro atoms. The molecule has 0 radical (unpaired) electrons. The zero-order valence-electron chi connectivity index (χ0n) is 9.72. The average Bonchev–Trinajstić information content (AvgIpc) is 3.14. The summed E-state index contributed by atoms with van der Waals surface area (Å²) < 4.78 is 5.13. The molecule has 0 bridgehead atoms. The summed E-state index contributed by atoms with van der Waals surface area (Å²) in [6, 6.07) is 4.69. The van der Waals surface area contributed by atoms with Crippen LogP contribution >= 0.6 is 0 Å². The maximum atomic E-state index is 5.64. The highest BCUT2D eigenvalue weighted by molar-refractivity contribution is 5.43. The summed E-state index contributed by atoms with van der Waals surface area (Å²) >= 11 is 0. The van der Waals surface area contributed by atoms with Crippen LogP contribution in [0.25, 0.3) is 0 Å². The first-order valence-electron chi connectivity index (χ1n) is 5.75. The molecule has 0 saturated heterocycles. The predicted octanol–water partition coefficient (Wildman–Crippen LogP) is 1.16. The van der Waals surface area contributed by atoms with Crippen molar-refractivity contribution >= 4 is 5.82 Å². The molecule has 88 valence electrons. The number of aromatic nitrogens is 1. The van der Waals surface area contributed by atoms with Crippen LogP contribution in [-0.4, -0.2) is 31.3 Å². The molecule has 1 fully saturated rings. The fourth-order valence-corrected chi connectivity index (χ4v) is 1.80. The minimum absolute atomic E-state index is 0.568. The summed E-state index contributed by atoms with van der Waals surface area (Å²) in [5, 5.41) is 0. The summed E-state index contributed by atoms with van der Waals surface area (Å²) in [7, 11) is 1.73. The van der Waals surface area contributed by atoms with Crippen molar-refractivity contribution < 1.29 is 4.74 Å². The molecular weight excluding hydrogens is 202 g/mol. The average molecular weight is 221 g/mol. The van der Waals surface area contributed by atoms with E-state index >= 15 is 0 Å². The first-order chi connectivity index (χ1) is 7.85. The number of anilines is 1. The third kappa shape index (κ3) is 2.71. The van der Waals surface area contributed by atoms with Gasteiger partial charge in [-0.15, -0.1) is 0 Å². The van der Waals surface area contributed by atoms with Gasteiger partial charge < -0.3 is 15.4 Å². The van der Waals surface area contributed by atoms with E-state index in [0.717, 1.165) is 24.5 Å². The molecule has 1 aromatic rings. The number of hydrogen-bond acceptors (Lipinski definition) is 4. The zero-order valence-corrected chi connectivity index (χ0v) is 9.72. The largest absolute Gasteiger partial charge is 0.383 e. The normalized spacial score (nSPS) is 15.1. The predicted molar refractivity (Wildman–Crippen MR) is 64.4 cm³/mol. The van der Waals surface area contributed by atoms with Gasteiger partial charge >= 0.3 is 0 Å². The summed E-state index contributed by atoms with van der Waals surface area (Å²) in [6.07, 6.45) is 4.36. The first kappa shape index (κ1) is 11.4. The Morgan fingerprint density at radius 2 is 2.38 bits per heavy atom. The first-order valence-corrected chi connectivity index (χ1v) is 5.75. The maximum Gasteiger partial charge on any atom is 0.129 e. The summed E-state index contributed by atoms with van der Waals surface area (Å²) in [4.78, 5) is 6.74. The minimum atomic E-state index is 0.568. The molecule has 0 amide bonds. The summed E-state index contributed by atoms with van der Waals surface area (Å²) in [5.74, 6) is 1.03. The number of ether oxygens (including phenoxy) is 1. The lowest BCUT2D eigenvalue weighted by atomic mass is 10.2. The van der Waals surface area contributed by atoms with E-state index in [2.05, 4.69) is 16.0 Å². The Morgan fingerprint density at radius 3 is 3.00 bits per heavy atom. The minimum Gasteiger partial charge on any atom is -0.383 e. The van der Waals surface area contributed by atoms with Crippen molar-refractivity contribution in [1.82, 2.24) is 4.98 Å². The van der Waals surface area contributed by atoms with Crippen molar-refractivity contribution in [2.24, 2.45) is 5.73 Å². The van der Waals surface area contributed by atoms with E-state index in [0.29, 0.717) is 12.6 Å². The number of rotatable bonds is 6. The van der Waals surface area contributed by atoms with Gasteiger partial charge in [-0.2, -0.15) is 0 Å². The molecule has 2 rings (SSSR count). The second-order valence-corrected chi connectivity index (χ2v) is 4.14. The summed E-state index contributed by atoms with van der Waals surface area (Å²) in [6.45, 7) is 2.21. The molecule has 4 heteroatoms. The van der Waals surface area contributed by atoms with Gasteiger partial charge in [0, 0.05) is 32.4 Å². The van der Waals surface area contributed by atoms with Crippen LogP contribution in [0.2, 0.25) is 0 Å². The maximum absolute atomic E-state index is 5.64. The Kier molecular flexibility index (Phi) is 3.74. The van der Waals surface area contributed by atoms with E-state index in [1.807, 2.05) is 12.3 Å². The van der Waals surface area contributed by atoms with Crippen LogP contribution in [-0.2, 0) is 11.3 Å². The number of methoxy groups -OCH3 is 1. The lowest BCUT2D eigenvalue weighted by molar-refractivity contribution is 0.204. The molecule has 0 aliphatic heterocycles. The topological polar surface area (TPSA) is 51.4 Å². The van der Waals surface area contributed by atoms with Crippen molar-refractivity contribution in [2.75, 3.05) is 25.2 Å². The van der Waals surface area contributed by atoms with Crippen molar-refractivity contribution in [3.8, 4) is 0 Å². The lowest BCUT2D eigenvalue weighted by Crippen LogP contribution is -2.30. The van der Waals surface area contributed by atoms with Gasteiger partial charge in [-0.3, -0.25) is 0 Å².